The second-order valence-electron chi connectivity index (χ2n) is 9.25. The summed E-state index contributed by atoms with van der Waals surface area (Å²) in [4.78, 5) is 32.6. The van der Waals surface area contributed by atoms with Crippen LogP contribution in [0.5, 0.6) is 5.75 Å². The van der Waals surface area contributed by atoms with Crippen LogP contribution in [-0.4, -0.2) is 28.4 Å². The lowest BCUT2D eigenvalue weighted by Gasteiger charge is -2.23. The molecule has 1 amide bonds. The van der Waals surface area contributed by atoms with Gasteiger partial charge in [0.2, 0.25) is 0 Å². The highest BCUT2D eigenvalue weighted by Gasteiger charge is 2.48. The first-order chi connectivity index (χ1) is 17.8. The molecule has 0 aliphatic carbocycles. The van der Waals surface area contributed by atoms with E-state index in [0.717, 1.165) is 17.8 Å². The maximum absolute atomic E-state index is 13.8. The number of halogens is 1. The molecule has 8 heteroatoms. The second-order valence-corrected chi connectivity index (χ2v) is 10.3. The standard InChI is InChI=1S/C29H25FN2O4S/c1-17(2)13-14-36-21-10-6-9-19(15-21)25-24(26(33)18-7-4-3-5-8-18)27(34)28(35)32(25)29-31-22-12-11-20(30)16-23(22)37-29/h3-12,15-17,25,33H,13-14H2,1-2H3. The van der Waals surface area contributed by atoms with Gasteiger partial charge in [-0.15, -0.1) is 0 Å². The Bertz CT molecular complexity index is 1510. The molecule has 1 atom stereocenters. The SMILES string of the molecule is CC(C)CCOc1cccc(C2C(=C(O)c3ccccc3)C(=O)C(=O)N2c2nc3ccc(F)cc3s2)c1. The quantitative estimate of drug-likeness (QED) is 0.173. The minimum atomic E-state index is -0.945. The van der Waals surface area contributed by atoms with E-state index in [1.165, 1.54) is 23.1 Å². The van der Waals surface area contributed by atoms with Crippen LogP contribution in [0.4, 0.5) is 9.52 Å². The Balaban J connectivity index is 1.65. The number of ketones is 1. The number of benzene rings is 3. The molecule has 1 aliphatic heterocycles. The highest BCUT2D eigenvalue weighted by atomic mass is 32.1. The van der Waals surface area contributed by atoms with Gasteiger partial charge in [-0.1, -0.05) is 67.6 Å². The molecule has 3 aromatic carbocycles. The number of aliphatic hydroxyl groups excluding tert-OH is 1. The molecule has 1 saturated heterocycles. The summed E-state index contributed by atoms with van der Waals surface area (Å²) in [5, 5.41) is 11.5. The van der Waals surface area contributed by atoms with E-state index >= 15 is 0 Å². The van der Waals surface area contributed by atoms with E-state index < -0.39 is 23.5 Å². The molecule has 4 aromatic rings. The first kappa shape index (κ1) is 24.6. The van der Waals surface area contributed by atoms with Gasteiger partial charge in [-0.3, -0.25) is 14.5 Å². The number of hydrogen-bond donors (Lipinski definition) is 1. The fourth-order valence-electron chi connectivity index (χ4n) is 4.27. The zero-order chi connectivity index (χ0) is 26.1. The number of rotatable bonds is 7. The molecule has 1 unspecified atom stereocenters. The van der Waals surface area contributed by atoms with Gasteiger partial charge in [-0.2, -0.15) is 0 Å². The molecule has 6 nitrogen and oxygen atoms in total. The topological polar surface area (TPSA) is 79.7 Å². The largest absolute Gasteiger partial charge is 0.507 e. The number of aromatic nitrogens is 1. The second kappa shape index (κ2) is 10.1. The lowest BCUT2D eigenvalue weighted by Crippen LogP contribution is -2.29. The Morgan fingerprint density at radius 2 is 1.86 bits per heavy atom. The van der Waals surface area contributed by atoms with E-state index in [0.29, 0.717) is 39.6 Å². The van der Waals surface area contributed by atoms with Crippen LogP contribution in [0.2, 0.25) is 0 Å². The molecule has 1 aliphatic rings. The Hall–Kier alpha value is -4.04. The molecule has 1 N–H and O–H groups in total. The zero-order valence-electron chi connectivity index (χ0n) is 20.3. The van der Waals surface area contributed by atoms with Crippen molar-refractivity contribution < 1.29 is 23.8 Å². The Morgan fingerprint density at radius 3 is 2.62 bits per heavy atom. The summed E-state index contributed by atoms with van der Waals surface area (Å²) in [5.74, 6) is -1.25. The van der Waals surface area contributed by atoms with Crippen molar-refractivity contribution in [2.45, 2.75) is 26.3 Å². The molecule has 2 heterocycles. The monoisotopic (exact) mass is 516 g/mol. The van der Waals surface area contributed by atoms with Gasteiger partial charge < -0.3 is 9.84 Å². The first-order valence-electron chi connectivity index (χ1n) is 12.0. The van der Waals surface area contributed by atoms with E-state index in [-0.39, 0.29) is 16.5 Å². The number of fused-ring (bicyclic) bond motifs is 1. The summed E-state index contributed by atoms with van der Waals surface area (Å²) >= 11 is 1.11. The molecule has 37 heavy (non-hydrogen) atoms. The van der Waals surface area contributed by atoms with Gasteiger partial charge in [0.15, 0.2) is 5.13 Å². The molecule has 188 valence electrons. The minimum Gasteiger partial charge on any atom is -0.507 e. The average molecular weight is 517 g/mol. The Labute approximate surface area is 217 Å². The van der Waals surface area contributed by atoms with Gasteiger partial charge in [0.1, 0.15) is 17.3 Å². The van der Waals surface area contributed by atoms with Crippen molar-refractivity contribution in [3.63, 3.8) is 0 Å². The van der Waals surface area contributed by atoms with Gasteiger partial charge in [-0.05, 0) is 48.2 Å². The van der Waals surface area contributed by atoms with Crippen LogP contribution < -0.4 is 9.64 Å². The number of hydrogen-bond acceptors (Lipinski definition) is 6. The summed E-state index contributed by atoms with van der Waals surface area (Å²) in [6.07, 6.45) is 0.874. The first-order valence-corrected chi connectivity index (χ1v) is 12.8. The maximum atomic E-state index is 13.8. The third kappa shape index (κ3) is 4.84. The predicted molar refractivity (Wildman–Crippen MR) is 142 cm³/mol. The van der Waals surface area contributed by atoms with Crippen LogP contribution in [-0.2, 0) is 9.59 Å². The van der Waals surface area contributed by atoms with Crippen molar-refractivity contribution in [1.82, 2.24) is 4.98 Å². The normalized spacial score (nSPS) is 17.2. The van der Waals surface area contributed by atoms with E-state index in [2.05, 4.69) is 18.8 Å². The van der Waals surface area contributed by atoms with Crippen LogP contribution in [0.3, 0.4) is 0 Å². The van der Waals surface area contributed by atoms with E-state index in [1.807, 2.05) is 6.07 Å². The zero-order valence-corrected chi connectivity index (χ0v) is 21.2. The number of aliphatic hydroxyl groups is 1. The van der Waals surface area contributed by atoms with Crippen molar-refractivity contribution in [1.29, 1.82) is 0 Å². The highest BCUT2D eigenvalue weighted by Crippen LogP contribution is 2.44. The van der Waals surface area contributed by atoms with Crippen LogP contribution in [0.25, 0.3) is 16.0 Å². The average Bonchev–Trinajstić information content (AvgIpc) is 3.41. The number of thiazole rings is 1. The molecule has 0 spiro atoms. The summed E-state index contributed by atoms with van der Waals surface area (Å²) in [6.45, 7) is 4.75. The number of amides is 1. The van der Waals surface area contributed by atoms with Crippen molar-refractivity contribution in [2.24, 2.45) is 5.92 Å². The van der Waals surface area contributed by atoms with Crippen molar-refractivity contribution in [2.75, 3.05) is 11.5 Å². The van der Waals surface area contributed by atoms with E-state index in [4.69, 9.17) is 4.74 Å². The third-order valence-electron chi connectivity index (χ3n) is 6.17. The van der Waals surface area contributed by atoms with Gasteiger partial charge in [-0.25, -0.2) is 9.37 Å². The number of anilines is 1. The van der Waals surface area contributed by atoms with Crippen LogP contribution in [0.15, 0.2) is 78.4 Å². The number of carbonyl (C=O) groups is 2. The molecule has 1 aromatic heterocycles. The summed E-state index contributed by atoms with van der Waals surface area (Å²) < 4.78 is 20.3. The third-order valence-corrected chi connectivity index (χ3v) is 7.19. The van der Waals surface area contributed by atoms with E-state index in [9.17, 15) is 19.1 Å². The van der Waals surface area contributed by atoms with Crippen molar-refractivity contribution in [3.8, 4) is 5.75 Å². The van der Waals surface area contributed by atoms with Gasteiger partial charge >= 0.3 is 5.91 Å². The maximum Gasteiger partial charge on any atom is 0.301 e. The molecule has 0 saturated carbocycles. The lowest BCUT2D eigenvalue weighted by atomic mass is 9.95. The van der Waals surface area contributed by atoms with Crippen molar-refractivity contribution in [3.05, 3.63) is 95.3 Å². The Morgan fingerprint density at radius 1 is 1.08 bits per heavy atom. The molecule has 0 bridgehead atoms. The lowest BCUT2D eigenvalue weighted by molar-refractivity contribution is -0.132. The fourth-order valence-corrected chi connectivity index (χ4v) is 5.29. The van der Waals surface area contributed by atoms with Gasteiger partial charge in [0.25, 0.3) is 5.78 Å². The molecular formula is C29H25FN2O4S. The van der Waals surface area contributed by atoms with Gasteiger partial charge in [0.05, 0.1) is 28.4 Å². The number of nitrogens with zero attached hydrogens (tertiary/aromatic N) is 2. The summed E-state index contributed by atoms with van der Waals surface area (Å²) in [5.41, 5.74) is 1.47. The van der Waals surface area contributed by atoms with Crippen LogP contribution in [0, 0.1) is 11.7 Å². The molecular weight excluding hydrogens is 491 g/mol. The highest BCUT2D eigenvalue weighted by molar-refractivity contribution is 7.22. The smallest absolute Gasteiger partial charge is 0.301 e. The number of Topliss-reactive ketones (excluding diaryl/α,β-unsaturated/α-hetero) is 1. The van der Waals surface area contributed by atoms with Crippen LogP contribution in [0.1, 0.15) is 37.4 Å². The predicted octanol–water partition coefficient (Wildman–Crippen LogP) is 6.49. The molecule has 1 fully saturated rings. The van der Waals surface area contributed by atoms with Crippen molar-refractivity contribution >= 4 is 44.1 Å². The fraction of sp³-hybridized carbons (Fsp3) is 0.207. The van der Waals surface area contributed by atoms with E-state index in [1.54, 1.807) is 48.5 Å². The van der Waals surface area contributed by atoms with Crippen LogP contribution >= 0.6 is 11.3 Å². The van der Waals surface area contributed by atoms with Gasteiger partial charge in [0, 0.05) is 5.56 Å². The number of ether oxygens (including phenoxy) is 1. The Kier molecular flexibility index (Phi) is 6.76. The number of carbonyl (C=O) groups excluding carboxylic acids is 2. The molecule has 5 rings (SSSR count). The summed E-state index contributed by atoms with van der Waals surface area (Å²) in [7, 11) is 0. The summed E-state index contributed by atoms with van der Waals surface area (Å²) in [6, 6.07) is 19.0. The molecule has 0 radical (unpaired) electrons. The minimum absolute atomic E-state index is 0.0408.